The Labute approximate surface area is 91.2 Å². The van der Waals surface area contributed by atoms with Gasteiger partial charge in [0.05, 0.1) is 11.2 Å². The fraction of sp³-hybridized carbons (Fsp3) is 0.545. The van der Waals surface area contributed by atoms with Gasteiger partial charge in [-0.05, 0) is 39.8 Å². The van der Waals surface area contributed by atoms with Crippen LogP contribution in [0.4, 0.5) is 0 Å². The molecule has 0 radical (unpaired) electrons. The summed E-state index contributed by atoms with van der Waals surface area (Å²) in [5, 5.41) is 0. The average molecular weight is 206 g/mol. The molecule has 0 bridgehead atoms. The van der Waals surface area contributed by atoms with E-state index in [1.165, 1.54) is 0 Å². The summed E-state index contributed by atoms with van der Waals surface area (Å²) in [7, 11) is -0.323. The number of aromatic nitrogens is 1. The van der Waals surface area contributed by atoms with Gasteiger partial charge in [-0.3, -0.25) is 0 Å². The van der Waals surface area contributed by atoms with Gasteiger partial charge < -0.3 is 9.31 Å². The first-order chi connectivity index (χ1) is 6.92. The lowest BCUT2D eigenvalue weighted by Crippen LogP contribution is -2.53. The van der Waals surface area contributed by atoms with Crippen LogP contribution in [0.3, 0.4) is 0 Å². The topological polar surface area (TPSA) is 22.3 Å². The van der Waals surface area contributed by atoms with Crippen molar-refractivity contribution in [1.29, 1.82) is 0 Å². The quantitative estimate of drug-likeness (QED) is 0.648. The monoisotopic (exact) mass is 206 g/mol. The van der Waals surface area contributed by atoms with Crippen molar-refractivity contribution >= 4 is 7.25 Å². The summed E-state index contributed by atoms with van der Waals surface area (Å²) < 4.78 is 13.7. The highest BCUT2D eigenvalue weighted by molar-refractivity contribution is 6.34. The Morgan fingerprint density at radius 2 is 1.33 bits per heavy atom. The predicted octanol–water partition coefficient (Wildman–Crippen LogP) is 1.41. The Hall–Kier alpha value is -0.865. The van der Waals surface area contributed by atoms with Gasteiger partial charge in [0.1, 0.15) is 12.4 Å². The lowest BCUT2D eigenvalue weighted by molar-refractivity contribution is -0.563. The van der Waals surface area contributed by atoms with Crippen LogP contribution < -0.4 is 4.48 Å². The molecule has 0 N–H and O–H groups in total. The molecule has 0 unspecified atom stereocenters. The van der Waals surface area contributed by atoms with Crippen LogP contribution in [0.15, 0.2) is 30.6 Å². The van der Waals surface area contributed by atoms with Crippen molar-refractivity contribution in [3.8, 4) is 0 Å². The summed E-state index contributed by atoms with van der Waals surface area (Å²) in [6.45, 7) is 8.21. The molecule has 1 aromatic heterocycles. The zero-order valence-electron chi connectivity index (χ0n) is 9.73. The SMILES string of the molecule is CC1(C)OB([n+]2ccccc2)OC1(C)C. The van der Waals surface area contributed by atoms with Gasteiger partial charge in [0.2, 0.25) is 0 Å². The van der Waals surface area contributed by atoms with Gasteiger partial charge in [0.25, 0.3) is 0 Å². The first-order valence-electron chi connectivity index (χ1n) is 5.24. The minimum absolute atomic E-state index is 0.277. The number of rotatable bonds is 1. The van der Waals surface area contributed by atoms with Crippen LogP contribution in [-0.4, -0.2) is 18.5 Å². The highest BCUT2D eigenvalue weighted by Crippen LogP contribution is 2.35. The second-order valence-electron chi connectivity index (χ2n) is 4.89. The van der Waals surface area contributed by atoms with Crippen LogP contribution in [0.2, 0.25) is 0 Å². The molecule has 1 aromatic rings. The Bertz CT molecular complexity index is 335. The zero-order chi connectivity index (χ0) is 11.1. The third kappa shape index (κ3) is 1.79. The second kappa shape index (κ2) is 3.32. The van der Waals surface area contributed by atoms with E-state index in [4.69, 9.17) is 9.31 Å². The van der Waals surface area contributed by atoms with Crippen LogP contribution in [0, 0.1) is 0 Å². The van der Waals surface area contributed by atoms with Gasteiger partial charge in [-0.2, -0.15) is 0 Å². The number of nitrogens with zero attached hydrogens (tertiary/aromatic N) is 1. The van der Waals surface area contributed by atoms with E-state index in [-0.39, 0.29) is 18.5 Å². The number of hydrogen-bond acceptors (Lipinski definition) is 2. The van der Waals surface area contributed by atoms with Crippen LogP contribution in [-0.2, 0) is 9.31 Å². The van der Waals surface area contributed by atoms with Crippen molar-refractivity contribution < 1.29 is 13.8 Å². The van der Waals surface area contributed by atoms with Crippen molar-refractivity contribution in [2.75, 3.05) is 0 Å². The molecule has 1 saturated heterocycles. The van der Waals surface area contributed by atoms with E-state index in [1.807, 2.05) is 35.1 Å². The molecule has 0 amide bonds. The van der Waals surface area contributed by atoms with Crippen LogP contribution >= 0.6 is 0 Å². The van der Waals surface area contributed by atoms with E-state index >= 15 is 0 Å². The lowest BCUT2D eigenvalue weighted by Gasteiger charge is -2.30. The summed E-state index contributed by atoms with van der Waals surface area (Å²) in [6, 6.07) is 5.90. The van der Waals surface area contributed by atoms with Gasteiger partial charge >= 0.3 is 7.25 Å². The van der Waals surface area contributed by atoms with Gasteiger partial charge in [-0.25, -0.2) is 4.48 Å². The summed E-state index contributed by atoms with van der Waals surface area (Å²) in [5.41, 5.74) is -0.555. The molecule has 0 atom stereocenters. The molecule has 0 spiro atoms. The molecule has 1 aliphatic rings. The molecular weight excluding hydrogens is 189 g/mol. The minimum Gasteiger partial charge on any atom is -0.338 e. The van der Waals surface area contributed by atoms with Gasteiger partial charge in [0.15, 0.2) is 0 Å². The first-order valence-corrected chi connectivity index (χ1v) is 5.24. The standard InChI is InChI=1S/C11H17BNO2/c1-10(2)11(3,4)15-12(14-10)13-8-6-5-7-9-13/h5-9H,1-4H3/q+1. The highest BCUT2D eigenvalue weighted by atomic mass is 16.7. The molecule has 80 valence electrons. The maximum Gasteiger partial charge on any atom is 0.850 e. The molecule has 0 aromatic carbocycles. The average Bonchev–Trinajstić information content (AvgIpc) is 2.38. The van der Waals surface area contributed by atoms with Crippen molar-refractivity contribution in [3.63, 3.8) is 0 Å². The smallest absolute Gasteiger partial charge is 0.338 e. The predicted molar refractivity (Wildman–Crippen MR) is 58.1 cm³/mol. The third-order valence-corrected chi connectivity index (χ3v) is 3.22. The Morgan fingerprint density at radius 1 is 0.867 bits per heavy atom. The van der Waals surface area contributed by atoms with E-state index in [2.05, 4.69) is 27.7 Å². The van der Waals surface area contributed by atoms with Crippen molar-refractivity contribution in [3.05, 3.63) is 30.6 Å². The highest BCUT2D eigenvalue weighted by Gasteiger charge is 2.59. The van der Waals surface area contributed by atoms with Crippen molar-refractivity contribution in [2.24, 2.45) is 0 Å². The fourth-order valence-corrected chi connectivity index (χ4v) is 1.49. The van der Waals surface area contributed by atoms with Crippen molar-refractivity contribution in [2.45, 2.75) is 38.9 Å². The molecule has 1 aliphatic heterocycles. The van der Waals surface area contributed by atoms with Crippen LogP contribution in [0.25, 0.3) is 0 Å². The molecule has 1 fully saturated rings. The molecule has 2 heterocycles. The maximum absolute atomic E-state index is 5.89. The summed E-state index contributed by atoms with van der Waals surface area (Å²) >= 11 is 0. The second-order valence-corrected chi connectivity index (χ2v) is 4.89. The van der Waals surface area contributed by atoms with Gasteiger partial charge in [-0.15, -0.1) is 0 Å². The van der Waals surface area contributed by atoms with E-state index in [9.17, 15) is 0 Å². The normalized spacial score (nSPS) is 23.1. The molecule has 0 aliphatic carbocycles. The number of pyridine rings is 1. The van der Waals surface area contributed by atoms with Gasteiger partial charge in [-0.1, -0.05) is 6.07 Å². The molecule has 15 heavy (non-hydrogen) atoms. The van der Waals surface area contributed by atoms with E-state index in [0.717, 1.165) is 0 Å². The van der Waals surface area contributed by atoms with E-state index < -0.39 is 0 Å². The Balaban J connectivity index is 2.24. The largest absolute Gasteiger partial charge is 0.850 e. The molecule has 0 saturated carbocycles. The van der Waals surface area contributed by atoms with Crippen LogP contribution in [0.5, 0.6) is 0 Å². The van der Waals surface area contributed by atoms with Crippen LogP contribution in [0.1, 0.15) is 27.7 Å². The fourth-order valence-electron chi connectivity index (χ4n) is 1.49. The third-order valence-electron chi connectivity index (χ3n) is 3.22. The number of hydrogen-bond donors (Lipinski definition) is 0. The zero-order valence-corrected chi connectivity index (χ0v) is 9.73. The molecule has 3 nitrogen and oxygen atoms in total. The maximum atomic E-state index is 5.89. The molecule has 4 heteroatoms. The lowest BCUT2D eigenvalue weighted by atomic mass is 9.90. The Morgan fingerprint density at radius 3 is 1.80 bits per heavy atom. The van der Waals surface area contributed by atoms with E-state index in [0.29, 0.717) is 0 Å². The first kappa shape index (κ1) is 10.6. The summed E-state index contributed by atoms with van der Waals surface area (Å²) in [4.78, 5) is 0. The summed E-state index contributed by atoms with van der Waals surface area (Å²) in [6.07, 6.45) is 3.89. The summed E-state index contributed by atoms with van der Waals surface area (Å²) in [5.74, 6) is 0. The van der Waals surface area contributed by atoms with Crippen molar-refractivity contribution in [1.82, 2.24) is 0 Å². The van der Waals surface area contributed by atoms with E-state index in [1.54, 1.807) is 0 Å². The molecule has 2 rings (SSSR count). The molecular formula is C11H17BNO2+. The Kier molecular flexibility index (Phi) is 2.36. The minimum atomic E-state index is -0.323. The van der Waals surface area contributed by atoms with Gasteiger partial charge in [0, 0.05) is 0 Å².